The van der Waals surface area contributed by atoms with Gasteiger partial charge in [-0.2, -0.15) is 0 Å². The summed E-state index contributed by atoms with van der Waals surface area (Å²) in [5.74, 6) is 0.150. The number of aliphatic hydroxyl groups is 1. The van der Waals surface area contributed by atoms with Crippen LogP contribution in [-0.2, 0) is 14.6 Å². The number of carbonyl (C=O) groups excluding carboxylic acids is 1. The molecule has 0 unspecified atom stereocenters. The second-order valence-electron chi connectivity index (χ2n) is 6.95. The van der Waals surface area contributed by atoms with Gasteiger partial charge < -0.3 is 5.11 Å². The van der Waals surface area contributed by atoms with Crippen molar-refractivity contribution in [2.45, 2.75) is 70.7 Å². The molecule has 0 amide bonds. The Hall–Kier alpha value is -0.450. The van der Waals surface area contributed by atoms with Crippen LogP contribution < -0.4 is 0 Å². The summed E-state index contributed by atoms with van der Waals surface area (Å²) >= 11 is 0. The summed E-state index contributed by atoms with van der Waals surface area (Å²) in [5, 5.41) is 9.94. The van der Waals surface area contributed by atoms with Gasteiger partial charge in [0.15, 0.2) is 11.4 Å². The third-order valence-electron chi connectivity index (χ3n) is 5.90. The van der Waals surface area contributed by atoms with Crippen molar-refractivity contribution in [2.75, 3.05) is 0 Å². The van der Waals surface area contributed by atoms with Gasteiger partial charge in [0.2, 0.25) is 0 Å². The summed E-state index contributed by atoms with van der Waals surface area (Å²) in [6.45, 7) is 6.33. The van der Waals surface area contributed by atoms with Gasteiger partial charge >= 0.3 is 0 Å². The van der Waals surface area contributed by atoms with E-state index in [-0.39, 0.29) is 22.7 Å². The number of hydrogen-bond donors (Lipinski definition) is 1. The zero-order chi connectivity index (χ0) is 13.2. The Balaban J connectivity index is 2.09. The van der Waals surface area contributed by atoms with E-state index in [1.165, 1.54) is 0 Å². The molecule has 3 rings (SSSR count). The summed E-state index contributed by atoms with van der Waals surface area (Å²) in [6.07, 6.45) is 2.97. The average molecular weight is 254 g/mol. The highest BCUT2D eigenvalue weighted by molar-refractivity contribution is 5.89. The van der Waals surface area contributed by atoms with Gasteiger partial charge in [-0.05, 0) is 38.0 Å². The molecule has 1 saturated heterocycles. The van der Waals surface area contributed by atoms with Gasteiger partial charge in [-0.3, -0.25) is 4.79 Å². The van der Waals surface area contributed by atoms with Crippen LogP contribution in [0.15, 0.2) is 0 Å². The van der Waals surface area contributed by atoms with Crippen molar-refractivity contribution < 1.29 is 19.7 Å². The first-order chi connectivity index (χ1) is 8.32. The minimum Gasteiger partial charge on any atom is -0.390 e. The smallest absolute Gasteiger partial charge is 0.168 e. The van der Waals surface area contributed by atoms with Crippen molar-refractivity contribution in [1.82, 2.24) is 0 Å². The van der Waals surface area contributed by atoms with Crippen molar-refractivity contribution in [2.24, 2.45) is 10.8 Å². The van der Waals surface area contributed by atoms with Gasteiger partial charge in [0, 0.05) is 11.8 Å². The van der Waals surface area contributed by atoms with E-state index in [0.29, 0.717) is 12.8 Å². The molecule has 0 aromatic carbocycles. The Kier molecular flexibility index (Phi) is 2.48. The van der Waals surface area contributed by atoms with Crippen LogP contribution in [0, 0.1) is 10.8 Å². The fourth-order valence-corrected chi connectivity index (χ4v) is 4.41. The van der Waals surface area contributed by atoms with Crippen LogP contribution in [0.5, 0.6) is 0 Å². The first kappa shape index (κ1) is 12.6. The molecular formula is C14H22O4. The van der Waals surface area contributed by atoms with Gasteiger partial charge in [0.25, 0.3) is 0 Å². The van der Waals surface area contributed by atoms with E-state index >= 15 is 0 Å². The van der Waals surface area contributed by atoms with Gasteiger partial charge in [0.1, 0.15) is 6.10 Å². The van der Waals surface area contributed by atoms with Gasteiger partial charge in [-0.1, -0.05) is 13.8 Å². The summed E-state index contributed by atoms with van der Waals surface area (Å²) in [7, 11) is 0. The largest absolute Gasteiger partial charge is 0.390 e. The van der Waals surface area contributed by atoms with E-state index in [4.69, 9.17) is 9.78 Å². The third-order valence-corrected chi connectivity index (χ3v) is 5.90. The van der Waals surface area contributed by atoms with E-state index in [9.17, 15) is 9.90 Å². The molecule has 1 heterocycles. The van der Waals surface area contributed by atoms with Gasteiger partial charge in [-0.25, -0.2) is 9.78 Å². The fourth-order valence-electron chi connectivity index (χ4n) is 4.41. The number of ketones is 1. The Morgan fingerprint density at radius 3 is 2.72 bits per heavy atom. The van der Waals surface area contributed by atoms with Crippen molar-refractivity contribution in [3.63, 3.8) is 0 Å². The maximum Gasteiger partial charge on any atom is 0.168 e. The lowest BCUT2D eigenvalue weighted by Crippen LogP contribution is -2.69. The van der Waals surface area contributed by atoms with Crippen LogP contribution in [0.1, 0.15) is 52.9 Å². The summed E-state index contributed by atoms with van der Waals surface area (Å²) in [4.78, 5) is 23.2. The molecule has 2 saturated carbocycles. The Labute approximate surface area is 108 Å². The number of Topliss-reactive ketones (excluding diaryl/α,β-unsaturated/α-hetero) is 1. The van der Waals surface area contributed by atoms with Crippen molar-refractivity contribution in [3.8, 4) is 0 Å². The Morgan fingerprint density at radius 1 is 1.28 bits per heavy atom. The van der Waals surface area contributed by atoms with Crippen LogP contribution in [0.3, 0.4) is 0 Å². The molecular weight excluding hydrogens is 232 g/mol. The first-order valence-corrected chi connectivity index (χ1v) is 6.88. The molecule has 1 aliphatic heterocycles. The quantitative estimate of drug-likeness (QED) is 0.672. The van der Waals surface area contributed by atoms with Crippen LogP contribution in [-0.4, -0.2) is 28.7 Å². The highest BCUT2D eigenvalue weighted by Crippen LogP contribution is 2.64. The molecule has 3 aliphatic rings. The molecule has 0 radical (unpaired) electrons. The Bertz CT molecular complexity index is 391. The van der Waals surface area contributed by atoms with Crippen molar-refractivity contribution in [1.29, 1.82) is 0 Å². The topological polar surface area (TPSA) is 55.8 Å². The molecule has 2 aliphatic carbocycles. The first-order valence-electron chi connectivity index (χ1n) is 6.88. The number of fused-ring (bicyclic) bond motifs is 1. The van der Waals surface area contributed by atoms with E-state index in [1.54, 1.807) is 0 Å². The number of rotatable bonds is 0. The number of carbonyl (C=O) groups is 1. The lowest BCUT2D eigenvalue weighted by Gasteiger charge is -2.64. The van der Waals surface area contributed by atoms with E-state index in [2.05, 4.69) is 13.8 Å². The second kappa shape index (κ2) is 3.56. The standard InChI is InChI=1S/C14H22O4/c1-12(2)6-5-11(16)13(3)14(12)7-4-9(15)10(8-14)17-18-13/h9-10,15H,4-8H2,1-3H3/t9-,10-,13+,14-/m0/s1. The Morgan fingerprint density at radius 2 is 2.00 bits per heavy atom. The van der Waals surface area contributed by atoms with E-state index in [1.807, 2.05) is 6.92 Å². The molecule has 4 heteroatoms. The minimum atomic E-state index is -0.842. The number of aliphatic hydroxyl groups excluding tert-OH is 1. The van der Waals surface area contributed by atoms with Crippen LogP contribution in [0.4, 0.5) is 0 Å². The predicted octanol–water partition coefficient (Wildman–Crippen LogP) is 2.00. The maximum atomic E-state index is 12.3. The molecule has 2 bridgehead atoms. The average Bonchev–Trinajstić information content (AvgIpc) is 2.33. The van der Waals surface area contributed by atoms with Crippen LogP contribution in [0.2, 0.25) is 0 Å². The second-order valence-corrected chi connectivity index (χ2v) is 6.95. The molecule has 1 N–H and O–H groups in total. The molecule has 0 aromatic rings. The molecule has 0 aromatic heterocycles. The fraction of sp³-hybridized carbons (Fsp3) is 0.929. The molecule has 18 heavy (non-hydrogen) atoms. The summed E-state index contributed by atoms with van der Waals surface area (Å²) in [5.41, 5.74) is -0.999. The van der Waals surface area contributed by atoms with E-state index in [0.717, 1.165) is 19.3 Å². The molecule has 102 valence electrons. The SMILES string of the molecule is CC1(C)CCC(=O)[C@@]2(C)OO[C@H]3C[C@@]12CC[C@@H]3O. The number of hydrogen-bond acceptors (Lipinski definition) is 4. The lowest BCUT2D eigenvalue weighted by atomic mass is 9.45. The molecule has 3 fully saturated rings. The monoisotopic (exact) mass is 254 g/mol. The zero-order valence-electron chi connectivity index (χ0n) is 11.4. The lowest BCUT2D eigenvalue weighted by molar-refractivity contribution is -0.456. The zero-order valence-corrected chi connectivity index (χ0v) is 11.4. The summed E-state index contributed by atoms with van der Waals surface area (Å²) < 4.78 is 0. The van der Waals surface area contributed by atoms with Gasteiger partial charge in [0.05, 0.1) is 6.10 Å². The van der Waals surface area contributed by atoms with Crippen LogP contribution in [0.25, 0.3) is 0 Å². The molecule has 1 spiro atoms. The third kappa shape index (κ3) is 1.29. The highest BCUT2D eigenvalue weighted by Gasteiger charge is 2.68. The van der Waals surface area contributed by atoms with E-state index < -0.39 is 11.7 Å². The molecule has 4 atom stereocenters. The van der Waals surface area contributed by atoms with Crippen molar-refractivity contribution >= 4 is 5.78 Å². The highest BCUT2D eigenvalue weighted by atomic mass is 17.2. The van der Waals surface area contributed by atoms with Crippen molar-refractivity contribution in [3.05, 3.63) is 0 Å². The molecule has 4 nitrogen and oxygen atoms in total. The predicted molar refractivity (Wildman–Crippen MR) is 64.7 cm³/mol. The van der Waals surface area contributed by atoms with Gasteiger partial charge in [-0.15, -0.1) is 0 Å². The summed E-state index contributed by atoms with van der Waals surface area (Å²) in [6, 6.07) is 0. The van der Waals surface area contributed by atoms with Crippen LogP contribution >= 0.6 is 0 Å². The minimum absolute atomic E-state index is 0.0395. The normalized spacial score (nSPS) is 50.8. The maximum absolute atomic E-state index is 12.3.